The second kappa shape index (κ2) is 9.78. The molecule has 0 aromatic heterocycles. The molecule has 2 N–H and O–H groups in total. The molecule has 0 saturated heterocycles. The molecule has 0 aliphatic carbocycles. The number of rotatable bonds is 10. The molecule has 0 saturated carbocycles. The van der Waals surface area contributed by atoms with Gasteiger partial charge in [-0.2, -0.15) is 0 Å². The molecular formula is C16H24N2O4. The molecule has 0 bridgehead atoms. The van der Waals surface area contributed by atoms with Gasteiger partial charge in [-0.1, -0.05) is 19.1 Å². The lowest BCUT2D eigenvalue weighted by Gasteiger charge is -2.19. The normalized spacial score (nSPS) is 10.5. The number of carbonyl (C=O) groups excluding carboxylic acids is 1. The van der Waals surface area contributed by atoms with Crippen molar-refractivity contribution in [2.45, 2.75) is 26.7 Å². The first kappa shape index (κ1) is 18.0. The fourth-order valence-electron chi connectivity index (χ4n) is 2.10. The topological polar surface area (TPSA) is 78.9 Å². The van der Waals surface area contributed by atoms with Gasteiger partial charge in [0.2, 0.25) is 5.91 Å². The number of carboxylic acids is 1. The van der Waals surface area contributed by atoms with Crippen LogP contribution in [0.15, 0.2) is 24.3 Å². The number of amides is 1. The molecule has 0 unspecified atom stereocenters. The summed E-state index contributed by atoms with van der Waals surface area (Å²) in [4.78, 5) is 24.6. The Bertz CT molecular complexity index is 491. The van der Waals surface area contributed by atoms with Gasteiger partial charge in [0.1, 0.15) is 5.75 Å². The number of carbonyl (C=O) groups is 2. The highest BCUT2D eigenvalue weighted by molar-refractivity contribution is 5.92. The van der Waals surface area contributed by atoms with Gasteiger partial charge < -0.3 is 15.2 Å². The zero-order valence-corrected chi connectivity index (χ0v) is 13.2. The fraction of sp³-hybridized carbons (Fsp3) is 0.500. The number of nitrogens with one attached hydrogen (secondary N) is 1. The number of hydrogen-bond acceptors (Lipinski definition) is 4. The van der Waals surface area contributed by atoms with E-state index in [4.69, 9.17) is 9.84 Å². The second-order valence-electron chi connectivity index (χ2n) is 4.90. The zero-order valence-electron chi connectivity index (χ0n) is 13.2. The lowest BCUT2D eigenvalue weighted by Crippen LogP contribution is -2.33. The van der Waals surface area contributed by atoms with E-state index in [1.807, 2.05) is 26.0 Å². The molecule has 0 radical (unpaired) electrons. The van der Waals surface area contributed by atoms with E-state index >= 15 is 0 Å². The van der Waals surface area contributed by atoms with Crippen LogP contribution in [0.25, 0.3) is 0 Å². The van der Waals surface area contributed by atoms with Gasteiger partial charge in [0.15, 0.2) is 0 Å². The van der Waals surface area contributed by atoms with Gasteiger partial charge in [0.25, 0.3) is 0 Å². The number of hydrogen-bond donors (Lipinski definition) is 2. The van der Waals surface area contributed by atoms with Gasteiger partial charge in [-0.3, -0.25) is 14.5 Å². The van der Waals surface area contributed by atoms with E-state index in [1.165, 1.54) is 0 Å². The standard InChI is InChI=1S/C16H24N2O4/c1-3-10-18(12-16(20)21)11-9-15(19)17-13-7-5-6-8-14(13)22-4-2/h5-8H,3-4,9-12H2,1-2H3,(H,17,19)(H,20,21). The van der Waals surface area contributed by atoms with Crippen LogP contribution in [0, 0.1) is 0 Å². The summed E-state index contributed by atoms with van der Waals surface area (Å²) in [5.74, 6) is -0.400. The van der Waals surface area contributed by atoms with Gasteiger partial charge in [0.05, 0.1) is 18.8 Å². The van der Waals surface area contributed by atoms with Crippen LogP contribution < -0.4 is 10.1 Å². The minimum Gasteiger partial charge on any atom is -0.492 e. The average Bonchev–Trinajstić information content (AvgIpc) is 2.47. The van der Waals surface area contributed by atoms with Crippen molar-refractivity contribution < 1.29 is 19.4 Å². The average molecular weight is 308 g/mol. The summed E-state index contributed by atoms with van der Waals surface area (Å²) in [6.07, 6.45) is 1.09. The molecule has 0 heterocycles. The molecule has 0 aliphatic rings. The highest BCUT2D eigenvalue weighted by atomic mass is 16.5. The Kier molecular flexibility index (Phi) is 7.99. The molecule has 22 heavy (non-hydrogen) atoms. The second-order valence-corrected chi connectivity index (χ2v) is 4.90. The largest absolute Gasteiger partial charge is 0.492 e. The van der Waals surface area contributed by atoms with E-state index in [0.717, 1.165) is 6.42 Å². The third-order valence-electron chi connectivity index (χ3n) is 3.01. The lowest BCUT2D eigenvalue weighted by atomic mass is 10.2. The third-order valence-corrected chi connectivity index (χ3v) is 3.01. The molecule has 1 rings (SSSR count). The molecule has 0 spiro atoms. The van der Waals surface area contributed by atoms with Crippen LogP contribution >= 0.6 is 0 Å². The van der Waals surface area contributed by atoms with Crippen LogP contribution in [0.3, 0.4) is 0 Å². The van der Waals surface area contributed by atoms with E-state index < -0.39 is 5.97 Å². The van der Waals surface area contributed by atoms with Crippen molar-refractivity contribution in [1.29, 1.82) is 0 Å². The lowest BCUT2D eigenvalue weighted by molar-refractivity contribution is -0.138. The molecular weight excluding hydrogens is 284 g/mol. The van der Waals surface area contributed by atoms with Crippen molar-refractivity contribution in [3.8, 4) is 5.75 Å². The first-order valence-corrected chi connectivity index (χ1v) is 7.52. The Hall–Kier alpha value is -2.08. The number of carboxylic acid groups (broad SMARTS) is 1. The molecule has 1 aromatic carbocycles. The molecule has 6 nitrogen and oxygen atoms in total. The van der Waals surface area contributed by atoms with Crippen LogP contribution in [-0.4, -0.2) is 48.1 Å². The van der Waals surface area contributed by atoms with Crippen molar-refractivity contribution in [3.05, 3.63) is 24.3 Å². The Morgan fingerprint density at radius 1 is 1.23 bits per heavy atom. The van der Waals surface area contributed by atoms with Crippen LogP contribution in [-0.2, 0) is 9.59 Å². The molecule has 6 heteroatoms. The summed E-state index contributed by atoms with van der Waals surface area (Å²) in [6, 6.07) is 7.25. The number of para-hydroxylation sites is 2. The van der Waals surface area contributed by atoms with Crippen LogP contribution in [0.1, 0.15) is 26.7 Å². The van der Waals surface area contributed by atoms with Gasteiger partial charge in [-0.15, -0.1) is 0 Å². The minimum atomic E-state index is -0.879. The van der Waals surface area contributed by atoms with Gasteiger partial charge in [-0.25, -0.2) is 0 Å². The highest BCUT2D eigenvalue weighted by Crippen LogP contribution is 2.23. The first-order chi connectivity index (χ1) is 10.6. The van der Waals surface area contributed by atoms with Crippen molar-refractivity contribution in [2.24, 2.45) is 0 Å². The van der Waals surface area contributed by atoms with Crippen LogP contribution in [0.4, 0.5) is 5.69 Å². The summed E-state index contributed by atoms with van der Waals surface area (Å²) in [6.45, 7) is 5.42. The third kappa shape index (κ3) is 6.58. The Labute approximate surface area is 131 Å². The first-order valence-electron chi connectivity index (χ1n) is 7.52. The number of aliphatic carboxylic acids is 1. The summed E-state index contributed by atoms with van der Waals surface area (Å²) < 4.78 is 5.45. The maximum Gasteiger partial charge on any atom is 0.317 e. The number of ether oxygens (including phenoxy) is 1. The van der Waals surface area contributed by atoms with Crippen molar-refractivity contribution in [2.75, 3.05) is 31.6 Å². The van der Waals surface area contributed by atoms with E-state index in [9.17, 15) is 9.59 Å². The number of benzene rings is 1. The zero-order chi connectivity index (χ0) is 16.4. The summed E-state index contributed by atoms with van der Waals surface area (Å²) in [5.41, 5.74) is 0.634. The van der Waals surface area contributed by atoms with Crippen molar-refractivity contribution >= 4 is 17.6 Å². The summed E-state index contributed by atoms with van der Waals surface area (Å²) >= 11 is 0. The maximum absolute atomic E-state index is 12.0. The van der Waals surface area contributed by atoms with Crippen LogP contribution in [0.2, 0.25) is 0 Å². The minimum absolute atomic E-state index is 0.0450. The predicted molar refractivity (Wildman–Crippen MR) is 85.2 cm³/mol. The molecule has 1 amide bonds. The Morgan fingerprint density at radius 3 is 2.59 bits per heavy atom. The molecule has 1 aromatic rings. The molecule has 0 aliphatic heterocycles. The van der Waals surface area contributed by atoms with E-state index in [2.05, 4.69) is 5.32 Å². The molecule has 0 atom stereocenters. The van der Waals surface area contributed by atoms with Gasteiger partial charge in [0, 0.05) is 13.0 Å². The van der Waals surface area contributed by atoms with E-state index in [1.54, 1.807) is 17.0 Å². The number of anilines is 1. The Morgan fingerprint density at radius 2 is 1.95 bits per heavy atom. The van der Waals surface area contributed by atoms with Crippen molar-refractivity contribution in [3.63, 3.8) is 0 Å². The summed E-state index contributed by atoms with van der Waals surface area (Å²) in [5, 5.41) is 11.7. The van der Waals surface area contributed by atoms with Gasteiger partial charge >= 0.3 is 5.97 Å². The predicted octanol–water partition coefficient (Wildman–Crippen LogP) is 2.21. The summed E-state index contributed by atoms with van der Waals surface area (Å²) in [7, 11) is 0. The SMILES string of the molecule is CCCN(CCC(=O)Nc1ccccc1OCC)CC(=O)O. The van der Waals surface area contributed by atoms with Crippen molar-refractivity contribution in [1.82, 2.24) is 4.90 Å². The molecule has 122 valence electrons. The Balaban J connectivity index is 2.53. The van der Waals surface area contributed by atoms with E-state index in [0.29, 0.717) is 31.1 Å². The fourth-order valence-corrected chi connectivity index (χ4v) is 2.10. The monoisotopic (exact) mass is 308 g/mol. The van der Waals surface area contributed by atoms with Gasteiger partial charge in [-0.05, 0) is 32.0 Å². The van der Waals surface area contributed by atoms with E-state index in [-0.39, 0.29) is 18.9 Å². The number of nitrogens with zero attached hydrogens (tertiary/aromatic N) is 1. The highest BCUT2D eigenvalue weighted by Gasteiger charge is 2.12. The smallest absolute Gasteiger partial charge is 0.317 e. The quantitative estimate of drug-likeness (QED) is 0.693. The van der Waals surface area contributed by atoms with Crippen LogP contribution in [0.5, 0.6) is 5.75 Å². The molecule has 0 fully saturated rings. The maximum atomic E-state index is 12.0.